The summed E-state index contributed by atoms with van der Waals surface area (Å²) in [5.74, 6) is -1.17. The van der Waals surface area contributed by atoms with E-state index >= 15 is 0 Å². The lowest BCUT2D eigenvalue weighted by molar-refractivity contribution is 0.0362. The minimum absolute atomic E-state index is 0.0386. The van der Waals surface area contributed by atoms with Gasteiger partial charge in [0.2, 0.25) is 0 Å². The molecule has 0 unspecified atom stereocenters. The van der Waals surface area contributed by atoms with Crippen LogP contribution in [0.15, 0.2) is 24.3 Å². The van der Waals surface area contributed by atoms with Gasteiger partial charge in [-0.15, -0.1) is 0 Å². The summed E-state index contributed by atoms with van der Waals surface area (Å²) in [5.41, 5.74) is -3.98. The summed E-state index contributed by atoms with van der Waals surface area (Å²) < 4.78 is 52.8. The fourth-order valence-corrected chi connectivity index (χ4v) is 3.97. The van der Waals surface area contributed by atoms with Crippen molar-refractivity contribution in [1.82, 2.24) is 4.57 Å². The molecule has 1 heterocycles. The van der Waals surface area contributed by atoms with Gasteiger partial charge in [-0.05, 0) is 32.0 Å². The van der Waals surface area contributed by atoms with Crippen molar-refractivity contribution in [1.29, 1.82) is 0 Å². The highest BCUT2D eigenvalue weighted by molar-refractivity contribution is 7.54. The molecule has 0 fully saturated rings. The average molecular weight is 361 g/mol. The molecule has 2 aromatic rings. The van der Waals surface area contributed by atoms with E-state index in [1.165, 1.54) is 37.6 Å². The van der Waals surface area contributed by atoms with Gasteiger partial charge in [0.15, 0.2) is 0 Å². The predicted octanol–water partition coefficient (Wildman–Crippen LogP) is 4.19. The van der Waals surface area contributed by atoms with Crippen LogP contribution in [0.1, 0.15) is 29.9 Å². The fraction of sp³-hybridized carbons (Fsp3) is 0.400. The lowest BCUT2D eigenvalue weighted by Crippen LogP contribution is -2.18. The van der Waals surface area contributed by atoms with Gasteiger partial charge >= 0.3 is 19.2 Å². The molecule has 132 valence electrons. The van der Waals surface area contributed by atoms with Crippen molar-refractivity contribution < 1.29 is 32.3 Å². The average Bonchev–Trinajstić information content (AvgIpc) is 2.84. The molecule has 0 saturated heterocycles. The zero-order valence-corrected chi connectivity index (χ0v) is 14.3. The summed E-state index contributed by atoms with van der Waals surface area (Å²) in [7, 11) is -3.18. The summed E-state index contributed by atoms with van der Waals surface area (Å²) in [4.78, 5) is 11.1. The minimum Gasteiger partial charge on any atom is -0.477 e. The van der Waals surface area contributed by atoms with E-state index in [-0.39, 0.29) is 18.9 Å². The van der Waals surface area contributed by atoms with Crippen LogP contribution >= 0.6 is 7.60 Å². The molecular formula is C15H18F2NO5P. The molecule has 0 aliphatic carbocycles. The van der Waals surface area contributed by atoms with Crippen molar-refractivity contribution in [3.63, 3.8) is 0 Å². The van der Waals surface area contributed by atoms with Crippen LogP contribution in [-0.2, 0) is 26.3 Å². The number of carbonyl (C=O) groups is 1. The Morgan fingerprint density at radius 1 is 1.25 bits per heavy atom. The van der Waals surface area contributed by atoms with Gasteiger partial charge in [-0.2, -0.15) is 8.78 Å². The Hall–Kier alpha value is -1.76. The molecule has 0 bridgehead atoms. The number of halogens is 2. The number of nitrogens with zero attached hydrogens (tertiary/aromatic N) is 1. The van der Waals surface area contributed by atoms with Crippen molar-refractivity contribution in [3.05, 3.63) is 35.5 Å². The highest BCUT2D eigenvalue weighted by Gasteiger charge is 2.54. The van der Waals surface area contributed by atoms with Crippen molar-refractivity contribution in [2.24, 2.45) is 7.05 Å². The van der Waals surface area contributed by atoms with Gasteiger partial charge in [0.05, 0.1) is 13.2 Å². The van der Waals surface area contributed by atoms with Crippen molar-refractivity contribution in [2.45, 2.75) is 19.5 Å². The number of alkyl halides is 2. The van der Waals surface area contributed by atoms with E-state index in [1.54, 1.807) is 0 Å². The fourth-order valence-electron chi connectivity index (χ4n) is 2.44. The Bertz CT molecular complexity index is 808. The van der Waals surface area contributed by atoms with Crippen LogP contribution in [-0.4, -0.2) is 28.9 Å². The second-order valence-electron chi connectivity index (χ2n) is 5.04. The molecule has 6 nitrogen and oxygen atoms in total. The number of benzene rings is 1. The first-order valence-corrected chi connectivity index (χ1v) is 8.82. The molecule has 0 atom stereocenters. The molecule has 1 N–H and O–H groups in total. The van der Waals surface area contributed by atoms with Crippen LogP contribution in [0.25, 0.3) is 10.9 Å². The van der Waals surface area contributed by atoms with Gasteiger partial charge in [0.25, 0.3) is 0 Å². The number of carboxylic acid groups (broad SMARTS) is 1. The smallest absolute Gasteiger partial charge is 0.404 e. The van der Waals surface area contributed by atoms with Gasteiger partial charge < -0.3 is 18.7 Å². The molecule has 0 aliphatic heterocycles. The maximum atomic E-state index is 14.7. The summed E-state index contributed by atoms with van der Waals surface area (Å²) in [5, 5.41) is 9.41. The molecule has 1 aromatic carbocycles. The lowest BCUT2D eigenvalue weighted by atomic mass is 10.1. The van der Waals surface area contributed by atoms with Crippen LogP contribution < -0.4 is 0 Å². The van der Waals surface area contributed by atoms with E-state index < -0.39 is 24.8 Å². The highest BCUT2D eigenvalue weighted by Crippen LogP contribution is 2.66. The number of hydrogen-bond acceptors (Lipinski definition) is 4. The maximum absolute atomic E-state index is 14.7. The maximum Gasteiger partial charge on any atom is 0.404 e. The second kappa shape index (κ2) is 6.63. The Balaban J connectivity index is 2.58. The normalized spacial score (nSPS) is 12.7. The zero-order chi connectivity index (χ0) is 18.1. The zero-order valence-electron chi connectivity index (χ0n) is 13.5. The van der Waals surface area contributed by atoms with Crippen molar-refractivity contribution in [2.75, 3.05) is 13.2 Å². The minimum atomic E-state index is -4.70. The van der Waals surface area contributed by atoms with Crippen LogP contribution in [0.3, 0.4) is 0 Å². The Morgan fingerprint density at radius 3 is 2.33 bits per heavy atom. The standard InChI is InChI=1S/C15H18F2NO5P/c1-4-22-24(21,23-5-2)15(16,17)11-6-7-12-10(8-11)9-13(14(19)20)18(12)3/h6-9H,4-5H2,1-3H3,(H,19,20). The topological polar surface area (TPSA) is 77.8 Å². The largest absolute Gasteiger partial charge is 0.477 e. The third kappa shape index (κ3) is 2.97. The molecule has 9 heteroatoms. The van der Waals surface area contributed by atoms with Gasteiger partial charge in [0.1, 0.15) is 5.69 Å². The van der Waals surface area contributed by atoms with E-state index in [1.807, 2.05) is 0 Å². The van der Waals surface area contributed by atoms with Crippen LogP contribution in [0.2, 0.25) is 0 Å². The molecule has 2 rings (SSSR count). The van der Waals surface area contributed by atoms with E-state index in [0.717, 1.165) is 12.1 Å². The molecule has 0 amide bonds. The molecular weight excluding hydrogens is 343 g/mol. The quantitative estimate of drug-likeness (QED) is 0.748. The van der Waals surface area contributed by atoms with Crippen LogP contribution in [0.5, 0.6) is 0 Å². The van der Waals surface area contributed by atoms with Gasteiger partial charge in [-0.1, -0.05) is 6.07 Å². The second-order valence-corrected chi connectivity index (χ2v) is 7.11. The number of aromatic carboxylic acids is 1. The number of hydrogen-bond donors (Lipinski definition) is 1. The lowest BCUT2D eigenvalue weighted by Gasteiger charge is -2.26. The molecule has 24 heavy (non-hydrogen) atoms. The van der Waals surface area contributed by atoms with Crippen LogP contribution in [0, 0.1) is 0 Å². The van der Waals surface area contributed by atoms with Crippen LogP contribution in [0.4, 0.5) is 8.78 Å². The molecule has 0 aliphatic rings. The van der Waals surface area contributed by atoms with Gasteiger partial charge in [0, 0.05) is 23.5 Å². The van der Waals surface area contributed by atoms with E-state index in [2.05, 4.69) is 0 Å². The first-order chi connectivity index (χ1) is 11.2. The highest BCUT2D eigenvalue weighted by atomic mass is 31.2. The van der Waals surface area contributed by atoms with E-state index in [9.17, 15) is 18.1 Å². The Labute approximate surface area is 137 Å². The molecule has 0 saturated carbocycles. The first kappa shape index (κ1) is 18.6. The van der Waals surface area contributed by atoms with Crippen molar-refractivity contribution >= 4 is 24.5 Å². The number of rotatable bonds is 7. The van der Waals surface area contributed by atoms with Crippen molar-refractivity contribution in [3.8, 4) is 0 Å². The predicted molar refractivity (Wildman–Crippen MR) is 84.6 cm³/mol. The number of fused-ring (bicyclic) bond motifs is 1. The summed E-state index contributed by atoms with van der Waals surface area (Å²) in [6, 6.07) is 4.84. The Kier molecular flexibility index (Phi) is 5.13. The number of carboxylic acids is 1. The molecule has 0 spiro atoms. The first-order valence-electron chi connectivity index (χ1n) is 7.28. The van der Waals surface area contributed by atoms with Gasteiger partial charge in [-0.3, -0.25) is 4.57 Å². The SMILES string of the molecule is CCOP(=O)(OCC)C(F)(F)c1ccc2c(c1)cc(C(=O)O)n2C. The third-order valence-corrected chi connectivity index (χ3v) is 5.69. The van der Waals surface area contributed by atoms with E-state index in [0.29, 0.717) is 10.9 Å². The molecule has 0 radical (unpaired) electrons. The third-order valence-electron chi connectivity index (χ3n) is 3.55. The Morgan fingerprint density at radius 2 is 1.83 bits per heavy atom. The number of aryl methyl sites for hydroxylation is 1. The van der Waals surface area contributed by atoms with Gasteiger partial charge in [-0.25, -0.2) is 4.79 Å². The summed E-state index contributed by atoms with van der Waals surface area (Å²) >= 11 is 0. The monoisotopic (exact) mass is 361 g/mol. The van der Waals surface area contributed by atoms with E-state index in [4.69, 9.17) is 14.2 Å². The summed E-state index contributed by atoms with van der Waals surface area (Å²) in [6.07, 6.45) is 0. The summed E-state index contributed by atoms with van der Waals surface area (Å²) in [6.45, 7) is 2.51. The number of aromatic nitrogens is 1. The molecule has 1 aromatic heterocycles.